The lowest BCUT2D eigenvalue weighted by atomic mass is 10.1. The molecule has 0 bridgehead atoms. The van der Waals surface area contributed by atoms with Gasteiger partial charge in [-0.25, -0.2) is 9.78 Å². The number of thiazole rings is 1. The Hall–Kier alpha value is -1.20. The Morgan fingerprint density at radius 1 is 1.41 bits per heavy atom. The van der Waals surface area contributed by atoms with Crippen LogP contribution in [0.5, 0.6) is 0 Å². The highest BCUT2D eigenvalue weighted by molar-refractivity contribution is 9.10. The number of aromatic carboxylic acids is 1. The van der Waals surface area contributed by atoms with Crippen molar-refractivity contribution in [3.8, 4) is 0 Å². The average Bonchev–Trinajstić information content (AvgIpc) is 2.74. The number of rotatable bonds is 4. The zero-order valence-corrected chi connectivity index (χ0v) is 11.3. The molecule has 1 aromatic heterocycles. The first-order chi connectivity index (χ1) is 8.16. The summed E-state index contributed by atoms with van der Waals surface area (Å²) >= 11 is 4.81. The van der Waals surface area contributed by atoms with E-state index in [1.165, 1.54) is 16.9 Å². The van der Waals surface area contributed by atoms with E-state index in [-0.39, 0.29) is 5.69 Å². The summed E-state index contributed by atoms with van der Waals surface area (Å²) in [5, 5.41) is 8.93. The molecule has 17 heavy (non-hydrogen) atoms. The van der Waals surface area contributed by atoms with E-state index >= 15 is 0 Å². The van der Waals surface area contributed by atoms with E-state index < -0.39 is 5.97 Å². The van der Waals surface area contributed by atoms with E-state index in [0.29, 0.717) is 6.42 Å². The lowest BCUT2D eigenvalue weighted by molar-refractivity contribution is 0.0690. The normalized spacial score (nSPS) is 10.4. The number of hydrogen-bond acceptors (Lipinski definition) is 3. The molecule has 2 aromatic rings. The fourth-order valence-corrected chi connectivity index (χ4v) is 2.78. The van der Waals surface area contributed by atoms with E-state index in [9.17, 15) is 4.79 Å². The maximum atomic E-state index is 10.9. The molecule has 0 spiro atoms. The van der Waals surface area contributed by atoms with Crippen molar-refractivity contribution in [1.82, 2.24) is 4.98 Å². The minimum Gasteiger partial charge on any atom is -0.476 e. The maximum Gasteiger partial charge on any atom is 0.355 e. The third-order valence-electron chi connectivity index (χ3n) is 2.37. The zero-order valence-electron chi connectivity index (χ0n) is 8.89. The predicted octanol–water partition coefficient (Wildman–Crippen LogP) is 3.39. The zero-order chi connectivity index (χ0) is 12.3. The number of nitrogens with zero attached hydrogens (tertiary/aromatic N) is 1. The van der Waals surface area contributed by atoms with E-state index in [4.69, 9.17) is 5.11 Å². The van der Waals surface area contributed by atoms with Crippen molar-refractivity contribution in [2.45, 2.75) is 12.8 Å². The van der Waals surface area contributed by atoms with E-state index in [1.807, 2.05) is 24.3 Å². The van der Waals surface area contributed by atoms with Crippen LogP contribution in [0.2, 0.25) is 0 Å². The van der Waals surface area contributed by atoms with Crippen molar-refractivity contribution >= 4 is 33.2 Å². The van der Waals surface area contributed by atoms with Gasteiger partial charge in [0.15, 0.2) is 5.69 Å². The SMILES string of the molecule is O=C(O)c1ncsc1CCc1cccc(Br)c1. The smallest absolute Gasteiger partial charge is 0.355 e. The van der Waals surface area contributed by atoms with Crippen LogP contribution in [0, 0.1) is 0 Å². The van der Waals surface area contributed by atoms with Gasteiger partial charge in [0.25, 0.3) is 0 Å². The second kappa shape index (κ2) is 5.42. The van der Waals surface area contributed by atoms with Gasteiger partial charge in [0.1, 0.15) is 0 Å². The average molecular weight is 312 g/mol. The van der Waals surface area contributed by atoms with Crippen LogP contribution in [0.4, 0.5) is 0 Å². The number of aryl methyl sites for hydroxylation is 2. The first-order valence-electron chi connectivity index (χ1n) is 5.07. The van der Waals surface area contributed by atoms with Crippen LogP contribution < -0.4 is 0 Å². The summed E-state index contributed by atoms with van der Waals surface area (Å²) in [6, 6.07) is 8.02. The molecule has 0 atom stereocenters. The molecule has 0 aliphatic carbocycles. The number of halogens is 1. The minimum absolute atomic E-state index is 0.185. The van der Waals surface area contributed by atoms with Crippen molar-refractivity contribution in [3.05, 3.63) is 50.4 Å². The highest BCUT2D eigenvalue weighted by Gasteiger charge is 2.12. The third-order valence-corrected chi connectivity index (χ3v) is 3.76. The van der Waals surface area contributed by atoms with Crippen LogP contribution in [-0.4, -0.2) is 16.1 Å². The molecule has 0 radical (unpaired) electrons. The molecule has 1 aromatic carbocycles. The van der Waals surface area contributed by atoms with Crippen LogP contribution in [0.15, 0.2) is 34.2 Å². The molecular weight excluding hydrogens is 302 g/mol. The molecule has 0 aliphatic rings. The first kappa shape index (κ1) is 12.3. The van der Waals surface area contributed by atoms with Gasteiger partial charge in [0.2, 0.25) is 0 Å². The minimum atomic E-state index is -0.949. The topological polar surface area (TPSA) is 50.2 Å². The maximum absolute atomic E-state index is 10.9. The fraction of sp³-hybridized carbons (Fsp3) is 0.167. The highest BCUT2D eigenvalue weighted by atomic mass is 79.9. The summed E-state index contributed by atoms with van der Waals surface area (Å²) in [4.78, 5) is 15.6. The molecule has 0 saturated carbocycles. The summed E-state index contributed by atoms with van der Waals surface area (Å²) in [5.41, 5.74) is 2.95. The molecule has 88 valence electrons. The Morgan fingerprint density at radius 3 is 2.94 bits per heavy atom. The van der Waals surface area contributed by atoms with Crippen molar-refractivity contribution in [3.63, 3.8) is 0 Å². The van der Waals surface area contributed by atoms with Gasteiger partial charge in [-0.1, -0.05) is 28.1 Å². The van der Waals surface area contributed by atoms with Crippen LogP contribution in [0.25, 0.3) is 0 Å². The highest BCUT2D eigenvalue weighted by Crippen LogP contribution is 2.18. The molecule has 0 unspecified atom stereocenters. The number of carboxylic acids is 1. The summed E-state index contributed by atoms with van der Waals surface area (Å²) in [7, 11) is 0. The third kappa shape index (κ3) is 3.14. The Balaban J connectivity index is 2.07. The van der Waals surface area contributed by atoms with E-state index in [2.05, 4.69) is 20.9 Å². The van der Waals surface area contributed by atoms with Gasteiger partial charge in [0.05, 0.1) is 5.51 Å². The van der Waals surface area contributed by atoms with Crippen molar-refractivity contribution in [2.75, 3.05) is 0 Å². The Kier molecular flexibility index (Phi) is 3.91. The van der Waals surface area contributed by atoms with Crippen molar-refractivity contribution in [1.29, 1.82) is 0 Å². The van der Waals surface area contributed by atoms with Crippen molar-refractivity contribution in [2.24, 2.45) is 0 Å². The lowest BCUT2D eigenvalue weighted by Crippen LogP contribution is -2.01. The molecule has 3 nitrogen and oxygen atoms in total. The Morgan fingerprint density at radius 2 is 2.24 bits per heavy atom. The molecule has 0 amide bonds. The summed E-state index contributed by atoms with van der Waals surface area (Å²) in [5.74, 6) is -0.949. The van der Waals surface area contributed by atoms with E-state index in [1.54, 1.807) is 5.51 Å². The molecule has 1 N–H and O–H groups in total. The van der Waals surface area contributed by atoms with Crippen LogP contribution >= 0.6 is 27.3 Å². The Labute approximate surface area is 111 Å². The number of aromatic nitrogens is 1. The lowest BCUT2D eigenvalue weighted by Gasteiger charge is -2.01. The van der Waals surface area contributed by atoms with Gasteiger partial charge >= 0.3 is 5.97 Å². The summed E-state index contributed by atoms with van der Waals surface area (Å²) in [6.07, 6.45) is 1.53. The van der Waals surface area contributed by atoms with Crippen LogP contribution in [-0.2, 0) is 12.8 Å². The number of benzene rings is 1. The number of carbonyl (C=O) groups is 1. The fourth-order valence-electron chi connectivity index (χ4n) is 1.57. The molecule has 0 fully saturated rings. The monoisotopic (exact) mass is 311 g/mol. The summed E-state index contributed by atoms with van der Waals surface area (Å²) < 4.78 is 1.04. The molecule has 5 heteroatoms. The van der Waals surface area contributed by atoms with Gasteiger partial charge in [0, 0.05) is 9.35 Å². The largest absolute Gasteiger partial charge is 0.476 e. The van der Waals surface area contributed by atoms with Gasteiger partial charge < -0.3 is 5.11 Å². The van der Waals surface area contributed by atoms with Gasteiger partial charge in [-0.05, 0) is 30.5 Å². The predicted molar refractivity (Wildman–Crippen MR) is 70.6 cm³/mol. The molecule has 1 heterocycles. The summed E-state index contributed by atoms with van der Waals surface area (Å²) in [6.45, 7) is 0. The van der Waals surface area contributed by atoms with Crippen molar-refractivity contribution < 1.29 is 9.90 Å². The first-order valence-corrected chi connectivity index (χ1v) is 6.74. The van der Waals surface area contributed by atoms with Gasteiger partial charge in [-0.15, -0.1) is 11.3 Å². The second-order valence-electron chi connectivity index (χ2n) is 3.56. The molecule has 0 saturated heterocycles. The van der Waals surface area contributed by atoms with E-state index in [0.717, 1.165) is 15.8 Å². The molecular formula is C12H10BrNO2S. The number of hydrogen-bond donors (Lipinski definition) is 1. The van der Waals surface area contributed by atoms with Gasteiger partial charge in [-0.3, -0.25) is 0 Å². The Bertz CT molecular complexity index is 539. The van der Waals surface area contributed by atoms with Crippen LogP contribution in [0.3, 0.4) is 0 Å². The molecule has 0 aliphatic heterocycles. The van der Waals surface area contributed by atoms with Crippen LogP contribution in [0.1, 0.15) is 20.9 Å². The second-order valence-corrected chi connectivity index (χ2v) is 5.41. The standard InChI is InChI=1S/C12H10BrNO2S/c13-9-3-1-2-8(6-9)4-5-10-11(12(15)16)14-7-17-10/h1-3,6-7H,4-5H2,(H,15,16). The molecule has 2 rings (SSSR count). The quantitative estimate of drug-likeness (QED) is 0.941. The van der Waals surface area contributed by atoms with Gasteiger partial charge in [-0.2, -0.15) is 0 Å². The number of carboxylic acid groups (broad SMARTS) is 1.